The Labute approximate surface area is 83.9 Å². The van der Waals surface area contributed by atoms with Gasteiger partial charge in [-0.15, -0.1) is 11.8 Å². The molecule has 0 aromatic carbocycles. The van der Waals surface area contributed by atoms with E-state index in [0.717, 1.165) is 5.56 Å². The summed E-state index contributed by atoms with van der Waals surface area (Å²) in [5.74, 6) is 0. The molecule has 1 aromatic heterocycles. The molecule has 1 aromatic rings. The molecular weight excluding hydrogens is 180 g/mol. The van der Waals surface area contributed by atoms with E-state index in [4.69, 9.17) is 5.73 Å². The number of aromatic nitrogens is 1. The molecule has 0 aliphatic carbocycles. The molecule has 3 heteroatoms. The van der Waals surface area contributed by atoms with Gasteiger partial charge in [-0.2, -0.15) is 0 Å². The quantitative estimate of drug-likeness (QED) is 0.738. The fourth-order valence-electron chi connectivity index (χ4n) is 0.997. The normalized spacial score (nSPS) is 11.7. The SMILES string of the molecule is CC(C)(C)Sc1ccncc1CN. The van der Waals surface area contributed by atoms with Gasteiger partial charge in [0.1, 0.15) is 0 Å². The Hall–Kier alpha value is -0.540. The first-order valence-electron chi connectivity index (χ1n) is 4.35. The molecule has 2 nitrogen and oxygen atoms in total. The third kappa shape index (κ3) is 3.36. The van der Waals surface area contributed by atoms with Crippen LogP contribution in [0.25, 0.3) is 0 Å². The number of hydrogen-bond donors (Lipinski definition) is 1. The molecule has 0 aliphatic rings. The largest absolute Gasteiger partial charge is 0.326 e. The molecular formula is C10H16N2S. The fraction of sp³-hybridized carbons (Fsp3) is 0.500. The van der Waals surface area contributed by atoms with Crippen molar-refractivity contribution in [2.45, 2.75) is 37.0 Å². The van der Waals surface area contributed by atoms with Crippen LogP contribution in [-0.4, -0.2) is 9.73 Å². The van der Waals surface area contributed by atoms with Crippen LogP contribution in [0, 0.1) is 0 Å². The number of hydrogen-bond acceptors (Lipinski definition) is 3. The number of thioether (sulfide) groups is 1. The molecule has 72 valence electrons. The second-order valence-corrected chi connectivity index (χ2v) is 5.77. The zero-order valence-electron chi connectivity index (χ0n) is 8.37. The van der Waals surface area contributed by atoms with Crippen LogP contribution >= 0.6 is 11.8 Å². The molecule has 2 N–H and O–H groups in total. The van der Waals surface area contributed by atoms with Gasteiger partial charge in [0.15, 0.2) is 0 Å². The van der Waals surface area contributed by atoms with E-state index in [1.807, 2.05) is 30.2 Å². The monoisotopic (exact) mass is 196 g/mol. The first kappa shape index (κ1) is 10.5. The summed E-state index contributed by atoms with van der Waals surface area (Å²) < 4.78 is 0.227. The Morgan fingerprint density at radius 1 is 1.46 bits per heavy atom. The summed E-state index contributed by atoms with van der Waals surface area (Å²) in [5, 5.41) is 0. The van der Waals surface area contributed by atoms with Gasteiger partial charge in [-0.25, -0.2) is 0 Å². The third-order valence-corrected chi connectivity index (χ3v) is 2.73. The van der Waals surface area contributed by atoms with Gasteiger partial charge < -0.3 is 5.73 Å². The van der Waals surface area contributed by atoms with E-state index >= 15 is 0 Å². The Morgan fingerprint density at radius 3 is 2.69 bits per heavy atom. The Kier molecular flexibility index (Phi) is 3.33. The van der Waals surface area contributed by atoms with E-state index < -0.39 is 0 Å². The van der Waals surface area contributed by atoms with Crippen molar-refractivity contribution in [3.63, 3.8) is 0 Å². The summed E-state index contributed by atoms with van der Waals surface area (Å²) >= 11 is 1.83. The van der Waals surface area contributed by atoms with Crippen molar-refractivity contribution in [2.24, 2.45) is 5.73 Å². The first-order chi connectivity index (χ1) is 6.03. The molecule has 0 saturated heterocycles. The van der Waals surface area contributed by atoms with E-state index in [9.17, 15) is 0 Å². The molecule has 0 amide bonds. The molecule has 13 heavy (non-hydrogen) atoms. The van der Waals surface area contributed by atoms with Crippen molar-refractivity contribution >= 4 is 11.8 Å². The minimum atomic E-state index is 0.227. The summed E-state index contributed by atoms with van der Waals surface area (Å²) in [6.45, 7) is 7.14. The molecule has 1 heterocycles. The minimum Gasteiger partial charge on any atom is -0.326 e. The van der Waals surface area contributed by atoms with Gasteiger partial charge in [-0.3, -0.25) is 4.98 Å². The second kappa shape index (κ2) is 4.11. The standard InChI is InChI=1S/C10H16N2S/c1-10(2,3)13-9-4-5-12-7-8(9)6-11/h4-5,7H,6,11H2,1-3H3. The van der Waals surface area contributed by atoms with Crippen LogP contribution in [0.5, 0.6) is 0 Å². The van der Waals surface area contributed by atoms with Crippen LogP contribution in [0.4, 0.5) is 0 Å². The molecule has 0 aliphatic heterocycles. The van der Waals surface area contributed by atoms with Gasteiger partial charge in [0, 0.05) is 28.6 Å². The van der Waals surface area contributed by atoms with Crippen molar-refractivity contribution in [3.05, 3.63) is 24.0 Å². The van der Waals surface area contributed by atoms with Gasteiger partial charge in [-0.05, 0) is 11.6 Å². The lowest BCUT2D eigenvalue weighted by Crippen LogP contribution is -2.09. The predicted molar refractivity (Wildman–Crippen MR) is 57.7 cm³/mol. The molecule has 0 atom stereocenters. The summed E-state index contributed by atoms with van der Waals surface area (Å²) in [4.78, 5) is 5.29. The molecule has 0 unspecified atom stereocenters. The summed E-state index contributed by atoms with van der Waals surface area (Å²) in [6.07, 6.45) is 3.65. The minimum absolute atomic E-state index is 0.227. The Morgan fingerprint density at radius 2 is 2.15 bits per heavy atom. The van der Waals surface area contributed by atoms with E-state index in [1.54, 1.807) is 0 Å². The molecule has 0 fully saturated rings. The first-order valence-corrected chi connectivity index (χ1v) is 5.16. The van der Waals surface area contributed by atoms with Crippen LogP contribution in [0.1, 0.15) is 26.3 Å². The van der Waals surface area contributed by atoms with Crippen molar-refractivity contribution < 1.29 is 0 Å². The van der Waals surface area contributed by atoms with Gasteiger partial charge in [0.05, 0.1) is 0 Å². The van der Waals surface area contributed by atoms with E-state index in [2.05, 4.69) is 25.8 Å². The Bertz CT molecular complexity index is 278. The Balaban J connectivity index is 2.87. The van der Waals surface area contributed by atoms with Gasteiger partial charge in [0.2, 0.25) is 0 Å². The van der Waals surface area contributed by atoms with Gasteiger partial charge in [0.25, 0.3) is 0 Å². The summed E-state index contributed by atoms with van der Waals surface area (Å²) in [5.41, 5.74) is 6.74. The fourth-order valence-corrected chi connectivity index (χ4v) is 2.05. The third-order valence-electron chi connectivity index (χ3n) is 1.49. The maximum Gasteiger partial charge on any atom is 0.0323 e. The maximum atomic E-state index is 5.62. The lowest BCUT2D eigenvalue weighted by molar-refractivity contribution is 0.800. The molecule has 0 spiro atoms. The van der Waals surface area contributed by atoms with Crippen molar-refractivity contribution in [2.75, 3.05) is 0 Å². The number of nitrogens with two attached hydrogens (primary N) is 1. The molecule has 0 radical (unpaired) electrons. The van der Waals surface area contributed by atoms with Crippen LogP contribution < -0.4 is 5.73 Å². The summed E-state index contributed by atoms with van der Waals surface area (Å²) in [7, 11) is 0. The van der Waals surface area contributed by atoms with E-state index in [-0.39, 0.29) is 4.75 Å². The summed E-state index contributed by atoms with van der Waals surface area (Å²) in [6, 6.07) is 2.03. The highest BCUT2D eigenvalue weighted by Crippen LogP contribution is 2.33. The number of rotatable bonds is 2. The van der Waals surface area contributed by atoms with Crippen molar-refractivity contribution in [1.29, 1.82) is 0 Å². The average Bonchev–Trinajstić information content (AvgIpc) is 2.02. The molecule has 1 rings (SSSR count). The van der Waals surface area contributed by atoms with Crippen LogP contribution in [0.15, 0.2) is 23.4 Å². The number of pyridine rings is 1. The highest BCUT2D eigenvalue weighted by molar-refractivity contribution is 8.00. The van der Waals surface area contributed by atoms with Crippen molar-refractivity contribution in [3.8, 4) is 0 Å². The highest BCUT2D eigenvalue weighted by atomic mass is 32.2. The highest BCUT2D eigenvalue weighted by Gasteiger charge is 2.13. The topological polar surface area (TPSA) is 38.9 Å². The lowest BCUT2D eigenvalue weighted by Gasteiger charge is -2.19. The maximum absolute atomic E-state index is 5.62. The zero-order chi connectivity index (χ0) is 9.90. The van der Waals surface area contributed by atoms with Crippen LogP contribution in [0.3, 0.4) is 0 Å². The van der Waals surface area contributed by atoms with Crippen LogP contribution in [-0.2, 0) is 6.54 Å². The van der Waals surface area contributed by atoms with Crippen LogP contribution in [0.2, 0.25) is 0 Å². The van der Waals surface area contributed by atoms with E-state index in [1.165, 1.54) is 4.90 Å². The molecule has 0 bridgehead atoms. The average molecular weight is 196 g/mol. The predicted octanol–water partition coefficient (Wildman–Crippen LogP) is 2.43. The smallest absolute Gasteiger partial charge is 0.0323 e. The van der Waals surface area contributed by atoms with Gasteiger partial charge in [-0.1, -0.05) is 20.8 Å². The van der Waals surface area contributed by atoms with Gasteiger partial charge >= 0.3 is 0 Å². The van der Waals surface area contributed by atoms with E-state index in [0.29, 0.717) is 6.54 Å². The zero-order valence-corrected chi connectivity index (χ0v) is 9.19. The molecule has 0 saturated carbocycles. The van der Waals surface area contributed by atoms with Crippen molar-refractivity contribution in [1.82, 2.24) is 4.98 Å². The second-order valence-electron chi connectivity index (χ2n) is 3.90. The lowest BCUT2D eigenvalue weighted by atomic mass is 10.2. The number of nitrogens with zero attached hydrogens (tertiary/aromatic N) is 1.